The largest absolute Gasteiger partial charge is 0.469 e. The van der Waals surface area contributed by atoms with Gasteiger partial charge in [0.25, 0.3) is 5.91 Å². The van der Waals surface area contributed by atoms with Gasteiger partial charge in [0.2, 0.25) is 0 Å². The van der Waals surface area contributed by atoms with Crippen molar-refractivity contribution in [1.82, 2.24) is 10.3 Å². The van der Waals surface area contributed by atoms with Crippen LogP contribution in [0.15, 0.2) is 5.38 Å². The first-order valence-corrected chi connectivity index (χ1v) is 5.97. The minimum Gasteiger partial charge on any atom is -0.469 e. The number of rotatable bonds is 5. The van der Waals surface area contributed by atoms with Crippen LogP contribution in [0.1, 0.15) is 28.8 Å². The lowest BCUT2D eigenvalue weighted by Gasteiger charge is -2.11. The molecule has 1 rings (SSSR count). The predicted molar refractivity (Wildman–Crippen MR) is 63.6 cm³/mol. The highest BCUT2D eigenvalue weighted by Gasteiger charge is 2.15. The summed E-state index contributed by atoms with van der Waals surface area (Å²) < 4.78 is 4.51. The highest BCUT2D eigenvalue weighted by atomic mass is 32.1. The van der Waals surface area contributed by atoms with Crippen LogP contribution in [0, 0.1) is 0 Å². The number of ether oxygens (including phenoxy) is 1. The summed E-state index contributed by atoms with van der Waals surface area (Å²) in [5.41, 5.74) is 5.73. The summed E-state index contributed by atoms with van der Waals surface area (Å²) in [4.78, 5) is 26.7. The van der Waals surface area contributed by atoms with E-state index in [4.69, 9.17) is 5.73 Å². The highest BCUT2D eigenvalue weighted by Crippen LogP contribution is 2.09. The lowest BCUT2D eigenvalue weighted by atomic mass is 10.2. The Morgan fingerprint density at radius 1 is 1.65 bits per heavy atom. The number of carbonyl (C=O) groups excluding carboxylic acids is 2. The maximum Gasteiger partial charge on any atom is 0.307 e. The van der Waals surface area contributed by atoms with Gasteiger partial charge < -0.3 is 15.8 Å². The summed E-state index contributed by atoms with van der Waals surface area (Å²) in [6.45, 7) is 2.04. The molecule has 17 heavy (non-hydrogen) atoms. The number of nitrogens with zero attached hydrogens (tertiary/aromatic N) is 1. The van der Waals surface area contributed by atoms with E-state index in [9.17, 15) is 9.59 Å². The van der Waals surface area contributed by atoms with Crippen molar-refractivity contribution >= 4 is 23.2 Å². The fraction of sp³-hybridized carbons (Fsp3) is 0.500. The third kappa shape index (κ3) is 4.12. The van der Waals surface area contributed by atoms with Gasteiger partial charge in [-0.05, 0) is 6.92 Å². The number of nitrogens with two attached hydrogens (primary N) is 1. The molecule has 1 atom stereocenters. The van der Waals surface area contributed by atoms with E-state index in [0.717, 1.165) is 0 Å². The summed E-state index contributed by atoms with van der Waals surface area (Å²) in [5, 5.41) is 5.01. The number of amides is 1. The molecule has 1 heterocycles. The molecule has 0 aliphatic heterocycles. The molecular formula is C10H15N3O3S. The van der Waals surface area contributed by atoms with Crippen LogP contribution in [-0.2, 0) is 16.1 Å². The molecule has 0 aliphatic carbocycles. The van der Waals surface area contributed by atoms with Crippen LogP contribution in [0.25, 0.3) is 0 Å². The molecule has 1 unspecified atom stereocenters. The molecule has 6 nitrogen and oxygen atoms in total. The fourth-order valence-corrected chi connectivity index (χ4v) is 1.85. The summed E-state index contributed by atoms with van der Waals surface area (Å²) in [5.74, 6) is -0.670. The second kappa shape index (κ2) is 6.31. The average molecular weight is 257 g/mol. The van der Waals surface area contributed by atoms with E-state index in [0.29, 0.717) is 17.2 Å². The third-order valence-corrected chi connectivity index (χ3v) is 2.91. The van der Waals surface area contributed by atoms with Gasteiger partial charge in [-0.1, -0.05) is 0 Å². The van der Waals surface area contributed by atoms with E-state index in [1.54, 1.807) is 12.3 Å². The van der Waals surface area contributed by atoms with Crippen molar-refractivity contribution < 1.29 is 14.3 Å². The van der Waals surface area contributed by atoms with Gasteiger partial charge in [-0.3, -0.25) is 9.59 Å². The number of aromatic nitrogens is 1. The zero-order chi connectivity index (χ0) is 12.8. The molecule has 0 aromatic carbocycles. The van der Waals surface area contributed by atoms with Crippen LogP contribution >= 0.6 is 11.3 Å². The molecule has 1 aromatic heterocycles. The smallest absolute Gasteiger partial charge is 0.307 e. The van der Waals surface area contributed by atoms with Gasteiger partial charge in [-0.2, -0.15) is 0 Å². The second-order valence-electron chi connectivity index (χ2n) is 3.49. The zero-order valence-corrected chi connectivity index (χ0v) is 10.5. The standard InChI is InChI=1S/C10H15N3O3S/c1-6(3-9(14)16-2)12-10(15)7-5-17-8(4-11)13-7/h5-6H,3-4,11H2,1-2H3,(H,12,15). The Hall–Kier alpha value is -1.47. The normalized spacial score (nSPS) is 11.9. The molecule has 1 aromatic rings. The average Bonchev–Trinajstić information content (AvgIpc) is 2.77. The Morgan fingerprint density at radius 3 is 2.88 bits per heavy atom. The summed E-state index contributed by atoms with van der Waals surface area (Å²) >= 11 is 1.33. The van der Waals surface area contributed by atoms with E-state index in [1.807, 2.05) is 0 Å². The molecule has 0 bridgehead atoms. The number of methoxy groups -OCH3 is 1. The number of nitrogens with one attached hydrogen (secondary N) is 1. The summed E-state index contributed by atoms with van der Waals surface area (Å²) in [7, 11) is 1.31. The molecule has 0 fully saturated rings. The molecule has 0 radical (unpaired) electrons. The van der Waals surface area contributed by atoms with Crippen molar-refractivity contribution in [3.05, 3.63) is 16.1 Å². The number of esters is 1. The second-order valence-corrected chi connectivity index (χ2v) is 4.43. The molecule has 94 valence electrons. The topological polar surface area (TPSA) is 94.3 Å². The Kier molecular flexibility index (Phi) is 5.05. The van der Waals surface area contributed by atoms with Crippen LogP contribution in [0.3, 0.4) is 0 Å². The SMILES string of the molecule is COC(=O)CC(C)NC(=O)c1csc(CN)n1. The first kappa shape index (κ1) is 13.6. The lowest BCUT2D eigenvalue weighted by Crippen LogP contribution is -2.34. The van der Waals surface area contributed by atoms with E-state index in [2.05, 4.69) is 15.0 Å². The Bertz CT molecular complexity index is 405. The minimum absolute atomic E-state index is 0.135. The molecule has 0 spiro atoms. The Balaban J connectivity index is 2.51. The van der Waals surface area contributed by atoms with E-state index < -0.39 is 0 Å². The number of carbonyl (C=O) groups is 2. The van der Waals surface area contributed by atoms with Gasteiger partial charge in [0, 0.05) is 18.0 Å². The quantitative estimate of drug-likeness (QED) is 0.739. The number of thiazole rings is 1. The van der Waals surface area contributed by atoms with Crippen molar-refractivity contribution in [2.75, 3.05) is 7.11 Å². The van der Waals surface area contributed by atoms with E-state index in [1.165, 1.54) is 18.4 Å². The van der Waals surface area contributed by atoms with Gasteiger partial charge in [0.15, 0.2) is 0 Å². The van der Waals surface area contributed by atoms with Crippen LogP contribution in [0.2, 0.25) is 0 Å². The Morgan fingerprint density at radius 2 is 2.35 bits per heavy atom. The lowest BCUT2D eigenvalue weighted by molar-refractivity contribution is -0.141. The van der Waals surface area contributed by atoms with Gasteiger partial charge in [-0.25, -0.2) is 4.98 Å². The highest BCUT2D eigenvalue weighted by molar-refractivity contribution is 7.09. The maximum absolute atomic E-state index is 11.7. The zero-order valence-electron chi connectivity index (χ0n) is 9.73. The fourth-order valence-electron chi connectivity index (χ4n) is 1.19. The predicted octanol–water partition coefficient (Wildman–Crippen LogP) is 0.283. The monoisotopic (exact) mass is 257 g/mol. The van der Waals surface area contributed by atoms with Crippen LogP contribution < -0.4 is 11.1 Å². The molecule has 0 saturated carbocycles. The Labute approximate surface area is 103 Å². The van der Waals surface area contributed by atoms with Crippen LogP contribution in [-0.4, -0.2) is 30.0 Å². The van der Waals surface area contributed by atoms with Gasteiger partial charge in [-0.15, -0.1) is 11.3 Å². The molecule has 1 amide bonds. The molecular weight excluding hydrogens is 242 g/mol. The minimum atomic E-state index is -0.362. The molecule has 3 N–H and O–H groups in total. The van der Waals surface area contributed by atoms with Crippen LogP contribution in [0.5, 0.6) is 0 Å². The van der Waals surface area contributed by atoms with Crippen LogP contribution in [0.4, 0.5) is 0 Å². The molecule has 7 heteroatoms. The van der Waals surface area contributed by atoms with Gasteiger partial charge >= 0.3 is 5.97 Å². The van der Waals surface area contributed by atoms with Gasteiger partial charge in [0.05, 0.1) is 13.5 Å². The number of hydrogen-bond acceptors (Lipinski definition) is 6. The van der Waals surface area contributed by atoms with Crippen molar-refractivity contribution in [2.24, 2.45) is 5.73 Å². The summed E-state index contributed by atoms with van der Waals surface area (Å²) in [6, 6.07) is -0.294. The first-order chi connectivity index (χ1) is 8.06. The summed E-state index contributed by atoms with van der Waals surface area (Å²) in [6.07, 6.45) is 0.135. The van der Waals surface area contributed by atoms with Gasteiger partial charge in [0.1, 0.15) is 10.7 Å². The van der Waals surface area contributed by atoms with Crippen molar-refractivity contribution in [1.29, 1.82) is 0 Å². The van der Waals surface area contributed by atoms with E-state index in [-0.39, 0.29) is 24.3 Å². The van der Waals surface area contributed by atoms with Crippen molar-refractivity contribution in [3.63, 3.8) is 0 Å². The van der Waals surface area contributed by atoms with E-state index >= 15 is 0 Å². The molecule has 0 saturated heterocycles. The third-order valence-electron chi connectivity index (χ3n) is 2.04. The maximum atomic E-state index is 11.7. The number of hydrogen-bond donors (Lipinski definition) is 2. The molecule has 0 aliphatic rings. The first-order valence-electron chi connectivity index (χ1n) is 5.09. The van der Waals surface area contributed by atoms with Crippen molar-refractivity contribution in [2.45, 2.75) is 25.9 Å². The van der Waals surface area contributed by atoms with Crippen molar-refractivity contribution in [3.8, 4) is 0 Å².